The van der Waals surface area contributed by atoms with Crippen molar-refractivity contribution in [3.05, 3.63) is 35.4 Å². The minimum absolute atomic E-state index is 0.0310. The molecule has 0 N–H and O–H groups in total. The second kappa shape index (κ2) is 8.08. The summed E-state index contributed by atoms with van der Waals surface area (Å²) in [4.78, 5) is 44.4. The van der Waals surface area contributed by atoms with Crippen LogP contribution in [0.5, 0.6) is 0 Å². The van der Waals surface area contributed by atoms with Crippen LogP contribution in [0.1, 0.15) is 29.8 Å². The molecule has 2 fully saturated rings. The Bertz CT molecular complexity index is 708. The average Bonchev–Trinajstić information content (AvgIpc) is 2.66. The van der Waals surface area contributed by atoms with Crippen LogP contribution in [0.3, 0.4) is 0 Å². The lowest BCUT2D eigenvalue weighted by atomic mass is 10.1. The lowest BCUT2D eigenvalue weighted by Gasteiger charge is -2.36. The first-order chi connectivity index (χ1) is 12.9. The van der Waals surface area contributed by atoms with Crippen LogP contribution in [0, 0.1) is 0 Å². The molecule has 2 aliphatic heterocycles. The second-order valence-corrected chi connectivity index (χ2v) is 7.61. The van der Waals surface area contributed by atoms with E-state index in [-0.39, 0.29) is 11.9 Å². The Balaban J connectivity index is 1.60. The van der Waals surface area contributed by atoms with E-state index in [9.17, 15) is 14.4 Å². The number of hydrogen-bond donors (Lipinski definition) is 0. The summed E-state index contributed by atoms with van der Waals surface area (Å²) in [5.41, 5.74) is 1.58. The highest BCUT2D eigenvalue weighted by molar-refractivity contribution is 6.35. The molecule has 3 rings (SSSR count). The fraction of sp³-hybridized carbons (Fsp3) is 0.550. The van der Waals surface area contributed by atoms with Crippen LogP contribution in [0.2, 0.25) is 0 Å². The molecule has 2 saturated heterocycles. The van der Waals surface area contributed by atoms with Gasteiger partial charge in [0.25, 0.3) is 5.91 Å². The summed E-state index contributed by atoms with van der Waals surface area (Å²) in [6.45, 7) is 8.58. The lowest BCUT2D eigenvalue weighted by molar-refractivity contribution is -0.157. The normalized spacial score (nSPS) is 19.2. The van der Waals surface area contributed by atoms with Gasteiger partial charge in [-0.2, -0.15) is 0 Å². The van der Waals surface area contributed by atoms with Crippen molar-refractivity contribution in [2.45, 2.75) is 26.4 Å². The van der Waals surface area contributed by atoms with Gasteiger partial charge in [-0.25, -0.2) is 0 Å². The van der Waals surface area contributed by atoms with Crippen LogP contribution in [0.25, 0.3) is 0 Å². The molecule has 1 aromatic carbocycles. The van der Waals surface area contributed by atoms with Gasteiger partial charge in [-0.3, -0.25) is 14.4 Å². The molecule has 2 aliphatic rings. The maximum Gasteiger partial charge on any atom is 0.312 e. The molecule has 0 aromatic heterocycles. The van der Waals surface area contributed by atoms with E-state index in [4.69, 9.17) is 0 Å². The number of piperazine rings is 2. The van der Waals surface area contributed by atoms with E-state index in [0.717, 1.165) is 31.7 Å². The number of carbonyl (C=O) groups excluding carboxylic acids is 3. The summed E-state index contributed by atoms with van der Waals surface area (Å²) in [5, 5.41) is 0. The third-order valence-corrected chi connectivity index (χ3v) is 5.33. The van der Waals surface area contributed by atoms with Crippen LogP contribution < -0.4 is 0 Å². The maximum absolute atomic E-state index is 12.6. The fourth-order valence-corrected chi connectivity index (χ4v) is 3.50. The molecule has 0 radical (unpaired) electrons. The highest BCUT2D eigenvalue weighted by atomic mass is 16.2. The topological polar surface area (TPSA) is 64.2 Å². The summed E-state index contributed by atoms with van der Waals surface area (Å²) in [7, 11) is 2.06. The van der Waals surface area contributed by atoms with Crippen molar-refractivity contribution in [2.24, 2.45) is 0 Å². The van der Waals surface area contributed by atoms with Gasteiger partial charge >= 0.3 is 11.8 Å². The van der Waals surface area contributed by atoms with Gasteiger partial charge in [-0.05, 0) is 38.6 Å². The monoisotopic (exact) mass is 372 g/mol. The van der Waals surface area contributed by atoms with Gasteiger partial charge in [0.2, 0.25) is 0 Å². The van der Waals surface area contributed by atoms with Crippen LogP contribution in [-0.4, -0.2) is 89.7 Å². The van der Waals surface area contributed by atoms with Gasteiger partial charge < -0.3 is 19.6 Å². The van der Waals surface area contributed by atoms with Crippen molar-refractivity contribution in [3.8, 4) is 0 Å². The van der Waals surface area contributed by atoms with E-state index in [0.29, 0.717) is 25.2 Å². The van der Waals surface area contributed by atoms with E-state index in [1.807, 2.05) is 43.0 Å². The quantitative estimate of drug-likeness (QED) is 0.728. The van der Waals surface area contributed by atoms with Gasteiger partial charge in [-0.1, -0.05) is 12.1 Å². The SMILES string of the molecule is CC(C)N1CCN(Cc2ccc(C(=O)N3CCN(C)CC3)cc2)C(=O)C1=O. The molecule has 146 valence electrons. The van der Waals surface area contributed by atoms with Crippen LogP contribution >= 0.6 is 0 Å². The standard InChI is InChI=1S/C20H28N4O3/c1-15(2)24-13-12-23(19(26)20(24)27)14-16-4-6-17(7-5-16)18(25)22-10-8-21(3)9-11-22/h4-7,15H,8-14H2,1-3H3. The zero-order valence-electron chi connectivity index (χ0n) is 16.4. The molecule has 0 unspecified atom stereocenters. The van der Waals surface area contributed by atoms with E-state index < -0.39 is 11.8 Å². The molecule has 0 bridgehead atoms. The van der Waals surface area contributed by atoms with E-state index in [2.05, 4.69) is 11.9 Å². The number of hydrogen-bond acceptors (Lipinski definition) is 4. The number of rotatable bonds is 4. The molecule has 0 saturated carbocycles. The first-order valence-electron chi connectivity index (χ1n) is 9.53. The summed E-state index contributed by atoms with van der Waals surface area (Å²) in [6, 6.07) is 7.40. The summed E-state index contributed by atoms with van der Waals surface area (Å²) in [6.07, 6.45) is 0. The molecule has 0 spiro atoms. The predicted octanol–water partition coefficient (Wildman–Crippen LogP) is 0.653. The van der Waals surface area contributed by atoms with Crippen molar-refractivity contribution >= 4 is 17.7 Å². The molecule has 1 aromatic rings. The second-order valence-electron chi connectivity index (χ2n) is 7.61. The Morgan fingerprint density at radius 3 is 2.15 bits per heavy atom. The van der Waals surface area contributed by atoms with Crippen LogP contribution in [0.4, 0.5) is 0 Å². The molecular formula is C20H28N4O3. The number of benzene rings is 1. The van der Waals surface area contributed by atoms with Crippen LogP contribution in [0.15, 0.2) is 24.3 Å². The highest BCUT2D eigenvalue weighted by Crippen LogP contribution is 2.15. The largest absolute Gasteiger partial charge is 0.336 e. The smallest absolute Gasteiger partial charge is 0.312 e. The Morgan fingerprint density at radius 2 is 1.56 bits per heavy atom. The minimum Gasteiger partial charge on any atom is -0.336 e. The van der Waals surface area contributed by atoms with Crippen molar-refractivity contribution in [1.82, 2.24) is 19.6 Å². The van der Waals surface area contributed by atoms with Gasteiger partial charge in [0.05, 0.1) is 0 Å². The van der Waals surface area contributed by atoms with E-state index >= 15 is 0 Å². The number of amides is 3. The molecule has 7 nitrogen and oxygen atoms in total. The number of likely N-dealkylation sites (N-methyl/N-ethyl adjacent to an activating group) is 1. The average molecular weight is 372 g/mol. The number of carbonyl (C=O) groups is 3. The van der Waals surface area contributed by atoms with E-state index in [1.165, 1.54) is 0 Å². The molecule has 0 aliphatic carbocycles. The Morgan fingerprint density at radius 1 is 0.926 bits per heavy atom. The van der Waals surface area contributed by atoms with Crippen molar-refractivity contribution in [3.63, 3.8) is 0 Å². The Labute approximate surface area is 160 Å². The molecule has 27 heavy (non-hydrogen) atoms. The predicted molar refractivity (Wildman–Crippen MR) is 102 cm³/mol. The minimum atomic E-state index is -0.451. The van der Waals surface area contributed by atoms with Crippen LogP contribution in [-0.2, 0) is 16.1 Å². The van der Waals surface area contributed by atoms with Crippen molar-refractivity contribution in [2.75, 3.05) is 46.3 Å². The Hall–Kier alpha value is -2.41. The summed E-state index contributed by atoms with van der Waals surface area (Å²) in [5.74, 6) is -0.836. The maximum atomic E-state index is 12.6. The molecular weight excluding hydrogens is 344 g/mol. The lowest BCUT2D eigenvalue weighted by Crippen LogP contribution is -2.55. The first kappa shape index (κ1) is 19.4. The highest BCUT2D eigenvalue weighted by Gasteiger charge is 2.33. The van der Waals surface area contributed by atoms with Gasteiger partial charge in [0.15, 0.2) is 0 Å². The molecule has 2 heterocycles. The summed E-state index contributed by atoms with van der Waals surface area (Å²) >= 11 is 0. The van der Waals surface area contributed by atoms with E-state index in [1.54, 1.807) is 9.80 Å². The third kappa shape index (κ3) is 4.30. The van der Waals surface area contributed by atoms with Gasteiger partial charge in [0.1, 0.15) is 0 Å². The first-order valence-corrected chi connectivity index (χ1v) is 9.53. The molecule has 7 heteroatoms. The Kier molecular flexibility index (Phi) is 5.79. The van der Waals surface area contributed by atoms with Crippen molar-refractivity contribution in [1.29, 1.82) is 0 Å². The molecule has 3 amide bonds. The van der Waals surface area contributed by atoms with Crippen molar-refractivity contribution < 1.29 is 14.4 Å². The summed E-state index contributed by atoms with van der Waals surface area (Å²) < 4.78 is 0. The molecule has 0 atom stereocenters. The third-order valence-electron chi connectivity index (χ3n) is 5.33. The zero-order chi connectivity index (χ0) is 19.6. The zero-order valence-corrected chi connectivity index (χ0v) is 16.4. The fourth-order valence-electron chi connectivity index (χ4n) is 3.50. The van der Waals surface area contributed by atoms with Gasteiger partial charge in [-0.15, -0.1) is 0 Å². The number of nitrogens with zero attached hydrogens (tertiary/aromatic N) is 4. The van der Waals surface area contributed by atoms with Gasteiger partial charge in [0, 0.05) is 57.4 Å².